The van der Waals surface area contributed by atoms with E-state index in [1.807, 2.05) is 10.8 Å². The number of carbonyl (C=O) groups is 9. The highest BCUT2D eigenvalue weighted by Gasteiger charge is 2.45. The number of aliphatic hydroxyl groups excluding tert-OH is 3. The Morgan fingerprint density at radius 2 is 1.62 bits per heavy atom. The molecule has 1 aromatic carbocycles. The molecule has 1 fully saturated rings. The molecule has 3 aliphatic rings. The maximum atomic E-state index is 15.0. The van der Waals surface area contributed by atoms with Crippen LogP contribution in [0.3, 0.4) is 0 Å². The Balaban J connectivity index is 1.64. The molecule has 1 aromatic heterocycles. The first-order valence-corrected chi connectivity index (χ1v) is 29.9. The zero-order valence-corrected chi connectivity index (χ0v) is 47.0. The van der Waals surface area contributed by atoms with Gasteiger partial charge in [-0.1, -0.05) is 69.6 Å². The van der Waals surface area contributed by atoms with Crippen molar-refractivity contribution in [1.29, 1.82) is 0 Å². The standard InChI is InChI=1S/C51H77N9O14S3/c1-7-27(4)45-49(71)55-21-43(67)56-37-25-77(73)50-35(34-10-9-33(20-36(34)57-50)74-13-8-14-75-76-28(5)11-12-53-26(2)3)15-30(47(69)54-22-44(68)58-45)16-40(64)46(29(6)41(65)24-61)59-48(70)38-19-32(62)23-60(38)51(72)31(17-39(37)63)18-42(52)66/h9-10,20,26-32,37-38,41,45-46,53,57,61-62,65H,7-8,11-19,21-25H2,1-6H3,(H2,52,66)(H,54,69)(H,55,71)(H,56,67)(H,58,68)(H,59,70)/t27-,28?,29-,30+,31-,32?,37?,38-,41-,45-,46-,77+/m0/s1. The van der Waals surface area contributed by atoms with E-state index in [2.05, 4.69) is 57.7 Å². The van der Waals surface area contributed by atoms with Crippen molar-refractivity contribution in [2.45, 2.75) is 146 Å². The average molecular weight is 1140 g/mol. The molecule has 2 bridgehead atoms. The predicted octanol–water partition coefficient (Wildman–Crippen LogP) is -0.518. The lowest BCUT2D eigenvalue weighted by Crippen LogP contribution is -2.56. The van der Waals surface area contributed by atoms with Gasteiger partial charge in [-0.25, -0.2) is 0 Å². The highest BCUT2D eigenvalue weighted by molar-refractivity contribution is 8.76. The fraction of sp³-hybridized carbons (Fsp3) is 0.667. The summed E-state index contributed by atoms with van der Waals surface area (Å²) in [6.07, 6.45) is -3.71. The van der Waals surface area contributed by atoms with Gasteiger partial charge >= 0.3 is 0 Å². The van der Waals surface area contributed by atoms with Crippen molar-refractivity contribution in [2.75, 3.05) is 50.9 Å². The Hall–Kier alpha value is -5.12. The van der Waals surface area contributed by atoms with Crippen molar-refractivity contribution in [1.82, 2.24) is 41.8 Å². The average Bonchev–Trinajstić information content (AvgIpc) is 4.01. The van der Waals surface area contributed by atoms with Crippen LogP contribution in [0.1, 0.15) is 92.1 Å². The Bertz CT molecular complexity index is 2480. The molecule has 12 N–H and O–H groups in total. The van der Waals surface area contributed by atoms with Crippen molar-refractivity contribution < 1.29 is 67.4 Å². The molecular formula is C51H77N9O14S3. The third-order valence-electron chi connectivity index (χ3n) is 14.1. The molecule has 26 heteroatoms. The van der Waals surface area contributed by atoms with Gasteiger partial charge in [-0.05, 0) is 49.4 Å². The summed E-state index contributed by atoms with van der Waals surface area (Å²) in [6, 6.07) is -0.605. The third kappa shape index (κ3) is 17.9. The summed E-state index contributed by atoms with van der Waals surface area (Å²) in [7, 11) is 1.26. The molecule has 7 amide bonds. The molecule has 3 aliphatic heterocycles. The molecule has 0 spiro atoms. The third-order valence-corrected chi connectivity index (χ3v) is 18.6. The normalized spacial score (nSPS) is 26.4. The van der Waals surface area contributed by atoms with Gasteiger partial charge in [0, 0.05) is 72.6 Å². The minimum Gasteiger partial charge on any atom is -0.493 e. The topological polar surface area (TPSA) is 358 Å². The fourth-order valence-electron chi connectivity index (χ4n) is 9.43. The van der Waals surface area contributed by atoms with Crippen LogP contribution < -0.4 is 42.4 Å². The van der Waals surface area contributed by atoms with Crippen LogP contribution in [-0.2, 0) is 60.4 Å². The van der Waals surface area contributed by atoms with Crippen molar-refractivity contribution in [3.63, 3.8) is 0 Å². The summed E-state index contributed by atoms with van der Waals surface area (Å²) in [6.45, 7) is 9.79. The van der Waals surface area contributed by atoms with E-state index >= 15 is 4.21 Å². The number of ether oxygens (including phenoxy) is 1. The van der Waals surface area contributed by atoms with E-state index in [1.165, 1.54) is 6.92 Å². The van der Waals surface area contributed by atoms with E-state index in [0.29, 0.717) is 47.4 Å². The summed E-state index contributed by atoms with van der Waals surface area (Å²) in [5.74, 6) is -12.2. The number of nitrogens with one attached hydrogen (secondary N) is 7. The number of nitrogens with two attached hydrogens (primary N) is 1. The van der Waals surface area contributed by atoms with Gasteiger partial charge in [-0.15, -0.1) is 0 Å². The summed E-state index contributed by atoms with van der Waals surface area (Å²) in [5.41, 5.74) is 6.22. The molecule has 2 aromatic rings. The fourth-order valence-corrected chi connectivity index (χ4v) is 13.3. The van der Waals surface area contributed by atoms with Gasteiger partial charge in [-0.2, -0.15) is 0 Å². The number of amides is 7. The second-order valence-corrected chi connectivity index (χ2v) is 24.9. The van der Waals surface area contributed by atoms with Crippen molar-refractivity contribution in [3.05, 3.63) is 23.8 Å². The minimum absolute atomic E-state index is 0.0298. The Kier molecular flexibility index (Phi) is 24.2. The van der Waals surface area contributed by atoms with E-state index in [0.717, 1.165) is 23.6 Å². The molecule has 1 saturated heterocycles. The Labute approximate surface area is 458 Å². The van der Waals surface area contributed by atoms with Crippen molar-refractivity contribution in [2.24, 2.45) is 29.4 Å². The molecule has 77 heavy (non-hydrogen) atoms. The van der Waals surface area contributed by atoms with Crippen LogP contribution in [0.4, 0.5) is 0 Å². The largest absolute Gasteiger partial charge is 0.493 e. The maximum Gasteiger partial charge on any atom is 0.243 e. The molecule has 5 rings (SSSR count). The number of fused-ring (bicyclic) bond motifs is 5. The van der Waals surface area contributed by atoms with Crippen LogP contribution in [0.5, 0.6) is 5.75 Å². The van der Waals surface area contributed by atoms with Crippen molar-refractivity contribution >= 4 is 96.2 Å². The van der Waals surface area contributed by atoms with Crippen LogP contribution in [0.15, 0.2) is 23.2 Å². The van der Waals surface area contributed by atoms with Gasteiger partial charge in [0.05, 0.1) is 78.6 Å². The summed E-state index contributed by atoms with van der Waals surface area (Å²) < 4.78 is 21.2. The lowest BCUT2D eigenvalue weighted by atomic mass is 9.85. The first kappa shape index (κ1) is 62.7. The zero-order valence-electron chi connectivity index (χ0n) is 44.6. The van der Waals surface area contributed by atoms with E-state index in [9.17, 15) is 58.5 Å². The van der Waals surface area contributed by atoms with Gasteiger partial charge in [0.2, 0.25) is 41.4 Å². The molecule has 0 saturated carbocycles. The SMILES string of the molecule is CC[C@H](C)[C@@H]1NC(=O)CNC(=O)[C@H]2CC(=O)[C@H]([C@@H](C)[C@@H](O)CO)NC(=O)[C@@H]3CC(O)CN3C(=O)[C@H](CC(N)=O)CC(=O)C(C[S@@](=O)c3[nH]c4cc(OCCCSSC(C)CCNC(C)C)ccc4c3C2)NC(=O)CNC1=O. The monoisotopic (exact) mass is 1140 g/mol. The molecule has 23 nitrogen and oxygen atoms in total. The van der Waals surface area contributed by atoms with Crippen LogP contribution in [0.25, 0.3) is 10.9 Å². The van der Waals surface area contributed by atoms with E-state index < -0.39 is 175 Å². The first-order valence-electron chi connectivity index (χ1n) is 26.2. The van der Waals surface area contributed by atoms with Gasteiger partial charge < -0.3 is 67.6 Å². The Morgan fingerprint density at radius 1 is 0.922 bits per heavy atom. The van der Waals surface area contributed by atoms with Crippen LogP contribution in [0.2, 0.25) is 0 Å². The number of hydrogen-bond donors (Lipinski definition) is 11. The number of aliphatic hydroxyl groups is 3. The van der Waals surface area contributed by atoms with Crippen LogP contribution >= 0.6 is 21.6 Å². The lowest BCUT2D eigenvalue weighted by molar-refractivity contribution is -0.145. The van der Waals surface area contributed by atoms with E-state index in [-0.39, 0.29) is 23.4 Å². The smallest absolute Gasteiger partial charge is 0.243 e. The number of ketones is 2. The summed E-state index contributed by atoms with van der Waals surface area (Å²) in [5, 5.41) is 48.8. The molecule has 12 atom stereocenters. The molecule has 3 unspecified atom stereocenters. The number of nitrogens with zero attached hydrogens (tertiary/aromatic N) is 1. The first-order chi connectivity index (χ1) is 36.5. The Morgan fingerprint density at radius 3 is 2.30 bits per heavy atom. The van der Waals surface area contributed by atoms with Gasteiger partial charge in [0.1, 0.15) is 22.9 Å². The number of carbonyl (C=O) groups excluding carboxylic acids is 9. The second kappa shape index (κ2) is 29.7. The zero-order chi connectivity index (χ0) is 56.7. The number of benzene rings is 1. The highest BCUT2D eigenvalue weighted by Crippen LogP contribution is 2.34. The molecule has 428 valence electrons. The molecule has 0 aliphatic carbocycles. The van der Waals surface area contributed by atoms with Crippen LogP contribution in [-0.4, -0.2) is 181 Å². The number of Topliss-reactive ketones (excluding diaryl/α,β-unsaturated/α-hetero) is 2. The number of aromatic nitrogens is 1. The number of aromatic amines is 1. The quantitative estimate of drug-likeness (QED) is 0.0661. The summed E-state index contributed by atoms with van der Waals surface area (Å²) >= 11 is 0. The molecule has 4 heterocycles. The van der Waals surface area contributed by atoms with Crippen LogP contribution in [0, 0.1) is 23.7 Å². The van der Waals surface area contributed by atoms with Gasteiger partial charge in [-0.3, -0.25) is 47.4 Å². The van der Waals surface area contributed by atoms with Gasteiger partial charge in [0.25, 0.3) is 0 Å². The second-order valence-electron chi connectivity index (χ2n) is 20.6. The highest BCUT2D eigenvalue weighted by atomic mass is 33.1. The molecule has 0 radical (unpaired) electrons. The van der Waals surface area contributed by atoms with Crippen molar-refractivity contribution in [3.8, 4) is 5.75 Å². The maximum absolute atomic E-state index is 15.0. The number of rotatable bonds is 18. The predicted molar refractivity (Wildman–Crippen MR) is 290 cm³/mol. The minimum atomic E-state index is -2.30. The van der Waals surface area contributed by atoms with Gasteiger partial charge in [0.15, 0.2) is 11.6 Å². The molecular weight excluding hydrogens is 1060 g/mol. The summed E-state index contributed by atoms with van der Waals surface area (Å²) in [4.78, 5) is 130. The number of H-pyrrole nitrogens is 1. The van der Waals surface area contributed by atoms with E-state index in [4.69, 9.17) is 10.5 Å². The lowest BCUT2D eigenvalue weighted by Gasteiger charge is -2.32. The number of hydrogen-bond acceptors (Lipinski definition) is 17. The number of primary amides is 1. The van der Waals surface area contributed by atoms with E-state index in [1.54, 1.807) is 42.8 Å².